The Labute approximate surface area is 94.5 Å². The first kappa shape index (κ1) is 12.7. The molecule has 0 amide bonds. The topological polar surface area (TPSA) is 66.8 Å². The summed E-state index contributed by atoms with van der Waals surface area (Å²) in [6.07, 6.45) is -0.382. The van der Waals surface area contributed by atoms with E-state index in [0.717, 1.165) is 12.0 Å². The van der Waals surface area contributed by atoms with Crippen LogP contribution in [0.1, 0.15) is 24.0 Å². The third kappa shape index (κ3) is 3.05. The predicted molar refractivity (Wildman–Crippen MR) is 58.8 cm³/mol. The van der Waals surface area contributed by atoms with Crippen LogP contribution in [-0.4, -0.2) is 29.6 Å². The molecule has 1 aromatic carbocycles. The maximum atomic E-state index is 10.1. The highest BCUT2D eigenvalue weighted by Gasteiger charge is 2.21. The van der Waals surface area contributed by atoms with Gasteiger partial charge < -0.3 is 14.9 Å². The molecule has 2 N–H and O–H groups in total. The van der Waals surface area contributed by atoms with Crippen LogP contribution in [0.25, 0.3) is 0 Å². The Balaban J connectivity index is 2.81. The van der Waals surface area contributed by atoms with Gasteiger partial charge in [-0.25, -0.2) is 0 Å². The monoisotopic (exact) mass is 224 g/mol. The van der Waals surface area contributed by atoms with E-state index < -0.39 is 12.2 Å². The lowest BCUT2D eigenvalue weighted by atomic mass is 9.98. The van der Waals surface area contributed by atoms with Gasteiger partial charge in [0.2, 0.25) is 6.29 Å². The molecule has 0 heterocycles. The average molecular weight is 224 g/mol. The standard InChI is InChI=1S/C12H16O4/c1-2-9-3-5-10(6-4-9)11(7-13)12(15)16-8-14/h3-6,8,11-13,15H,2,7H2,1H3. The Hall–Kier alpha value is -1.39. The van der Waals surface area contributed by atoms with E-state index in [0.29, 0.717) is 0 Å². The van der Waals surface area contributed by atoms with Crippen LogP contribution in [0.3, 0.4) is 0 Å². The molecule has 0 radical (unpaired) electrons. The predicted octanol–water partition coefficient (Wildman–Crippen LogP) is 0.816. The highest BCUT2D eigenvalue weighted by Crippen LogP contribution is 2.20. The van der Waals surface area contributed by atoms with Crippen molar-refractivity contribution in [3.63, 3.8) is 0 Å². The van der Waals surface area contributed by atoms with Gasteiger partial charge in [0.15, 0.2) is 0 Å². The molecule has 1 aromatic rings. The number of aliphatic hydroxyl groups excluding tert-OH is 2. The molecule has 0 bridgehead atoms. The molecule has 4 nitrogen and oxygen atoms in total. The molecule has 4 heteroatoms. The molecule has 2 atom stereocenters. The summed E-state index contributed by atoms with van der Waals surface area (Å²) >= 11 is 0. The summed E-state index contributed by atoms with van der Waals surface area (Å²) in [6.45, 7) is 1.94. The van der Waals surface area contributed by atoms with E-state index >= 15 is 0 Å². The number of aliphatic hydroxyl groups is 2. The number of hydrogen-bond donors (Lipinski definition) is 2. The van der Waals surface area contributed by atoms with Crippen molar-refractivity contribution >= 4 is 6.47 Å². The maximum Gasteiger partial charge on any atom is 0.295 e. The Kier molecular flexibility index (Phi) is 4.95. The van der Waals surface area contributed by atoms with Crippen molar-refractivity contribution in [2.45, 2.75) is 25.6 Å². The van der Waals surface area contributed by atoms with Crippen LogP contribution in [0.2, 0.25) is 0 Å². The van der Waals surface area contributed by atoms with E-state index in [9.17, 15) is 9.90 Å². The van der Waals surface area contributed by atoms with Crippen LogP contribution in [-0.2, 0) is 16.0 Å². The molecule has 0 saturated heterocycles. The molecule has 88 valence electrons. The van der Waals surface area contributed by atoms with Crippen molar-refractivity contribution in [2.24, 2.45) is 0 Å². The average Bonchev–Trinajstić information content (AvgIpc) is 2.31. The molecule has 0 aromatic heterocycles. The van der Waals surface area contributed by atoms with Gasteiger partial charge in [-0.05, 0) is 17.5 Å². The van der Waals surface area contributed by atoms with Crippen molar-refractivity contribution in [1.29, 1.82) is 0 Å². The third-order valence-electron chi connectivity index (χ3n) is 2.55. The number of benzene rings is 1. The smallest absolute Gasteiger partial charge is 0.295 e. The van der Waals surface area contributed by atoms with E-state index in [1.807, 2.05) is 31.2 Å². The normalized spacial score (nSPS) is 14.2. The van der Waals surface area contributed by atoms with Gasteiger partial charge in [0.05, 0.1) is 12.5 Å². The van der Waals surface area contributed by atoms with Gasteiger partial charge >= 0.3 is 0 Å². The zero-order valence-corrected chi connectivity index (χ0v) is 9.17. The first-order valence-corrected chi connectivity index (χ1v) is 5.19. The van der Waals surface area contributed by atoms with E-state index in [1.165, 1.54) is 5.56 Å². The van der Waals surface area contributed by atoms with Crippen LogP contribution in [0.15, 0.2) is 24.3 Å². The molecule has 0 saturated carbocycles. The fourth-order valence-electron chi connectivity index (χ4n) is 1.51. The molecular formula is C12H16O4. The summed E-state index contributed by atoms with van der Waals surface area (Å²) in [5.41, 5.74) is 1.92. The Morgan fingerprint density at radius 1 is 1.38 bits per heavy atom. The first-order chi connectivity index (χ1) is 7.72. The van der Waals surface area contributed by atoms with Crippen LogP contribution < -0.4 is 0 Å². The van der Waals surface area contributed by atoms with Crippen LogP contribution in [0, 0.1) is 0 Å². The summed E-state index contributed by atoms with van der Waals surface area (Å²) in [5.74, 6) is -0.601. The zero-order valence-electron chi connectivity index (χ0n) is 9.17. The Morgan fingerprint density at radius 3 is 2.44 bits per heavy atom. The molecule has 0 aliphatic carbocycles. The zero-order chi connectivity index (χ0) is 12.0. The van der Waals surface area contributed by atoms with Gasteiger partial charge in [-0.15, -0.1) is 0 Å². The van der Waals surface area contributed by atoms with Crippen molar-refractivity contribution in [2.75, 3.05) is 6.61 Å². The van der Waals surface area contributed by atoms with Gasteiger partial charge in [-0.2, -0.15) is 0 Å². The van der Waals surface area contributed by atoms with Gasteiger partial charge in [0.1, 0.15) is 0 Å². The summed E-state index contributed by atoms with van der Waals surface area (Å²) in [6, 6.07) is 7.48. The summed E-state index contributed by atoms with van der Waals surface area (Å²) in [4.78, 5) is 10.1. The number of hydrogen-bond acceptors (Lipinski definition) is 4. The number of carbonyl (C=O) groups excluding carboxylic acids is 1. The summed E-state index contributed by atoms with van der Waals surface area (Å²) < 4.78 is 4.42. The molecule has 1 rings (SSSR count). The lowest BCUT2D eigenvalue weighted by Crippen LogP contribution is -2.24. The molecule has 2 unspecified atom stereocenters. The van der Waals surface area contributed by atoms with Gasteiger partial charge in [0, 0.05) is 0 Å². The van der Waals surface area contributed by atoms with Crippen LogP contribution >= 0.6 is 0 Å². The van der Waals surface area contributed by atoms with Crippen molar-refractivity contribution < 1.29 is 19.7 Å². The number of carbonyl (C=O) groups is 1. The van der Waals surface area contributed by atoms with Gasteiger partial charge in [0.25, 0.3) is 6.47 Å². The second-order valence-electron chi connectivity index (χ2n) is 3.51. The van der Waals surface area contributed by atoms with E-state index in [1.54, 1.807) is 0 Å². The fourth-order valence-corrected chi connectivity index (χ4v) is 1.51. The van der Waals surface area contributed by atoms with Crippen molar-refractivity contribution in [1.82, 2.24) is 0 Å². The molecule has 0 spiro atoms. The first-order valence-electron chi connectivity index (χ1n) is 5.19. The molecule has 0 aliphatic heterocycles. The maximum absolute atomic E-state index is 10.1. The number of rotatable bonds is 6. The second-order valence-corrected chi connectivity index (χ2v) is 3.51. The fraction of sp³-hybridized carbons (Fsp3) is 0.417. The minimum absolute atomic E-state index is 0.174. The highest BCUT2D eigenvalue weighted by atomic mass is 16.6. The SMILES string of the molecule is CCc1ccc(C(CO)C(O)OC=O)cc1. The van der Waals surface area contributed by atoms with E-state index in [4.69, 9.17) is 5.11 Å². The Bertz CT molecular complexity index is 320. The van der Waals surface area contributed by atoms with Crippen molar-refractivity contribution in [3.05, 3.63) is 35.4 Å². The largest absolute Gasteiger partial charge is 0.437 e. The van der Waals surface area contributed by atoms with E-state index in [2.05, 4.69) is 4.74 Å². The summed E-state index contributed by atoms with van der Waals surface area (Å²) in [7, 11) is 0. The van der Waals surface area contributed by atoms with Gasteiger partial charge in [-0.3, -0.25) is 4.79 Å². The third-order valence-corrected chi connectivity index (χ3v) is 2.55. The summed E-state index contributed by atoms with van der Waals surface area (Å²) in [5, 5.41) is 18.6. The highest BCUT2D eigenvalue weighted by molar-refractivity contribution is 5.37. The molecule has 0 aliphatic rings. The number of ether oxygens (including phenoxy) is 1. The van der Waals surface area contributed by atoms with Crippen molar-refractivity contribution in [3.8, 4) is 0 Å². The minimum Gasteiger partial charge on any atom is -0.437 e. The molecule has 0 fully saturated rings. The number of aryl methyl sites for hydroxylation is 1. The second kappa shape index (κ2) is 6.25. The lowest BCUT2D eigenvalue weighted by Gasteiger charge is -2.19. The van der Waals surface area contributed by atoms with E-state index in [-0.39, 0.29) is 13.1 Å². The lowest BCUT2D eigenvalue weighted by molar-refractivity contribution is -0.157. The van der Waals surface area contributed by atoms with Crippen LogP contribution in [0.4, 0.5) is 0 Å². The molecule has 16 heavy (non-hydrogen) atoms. The van der Waals surface area contributed by atoms with Crippen LogP contribution in [0.5, 0.6) is 0 Å². The minimum atomic E-state index is -1.31. The van der Waals surface area contributed by atoms with Gasteiger partial charge in [-0.1, -0.05) is 31.2 Å². The quantitative estimate of drug-likeness (QED) is 0.554. The Morgan fingerprint density at radius 2 is 2.00 bits per heavy atom. The molecular weight excluding hydrogens is 208 g/mol.